The second-order valence-electron chi connectivity index (χ2n) is 4.24. The van der Waals surface area contributed by atoms with E-state index in [0.717, 1.165) is 30.1 Å². The lowest BCUT2D eigenvalue weighted by molar-refractivity contribution is -0.386. The molecule has 1 heterocycles. The topological polar surface area (TPSA) is 77.3 Å². The SMILES string of the molecule is CCNc1ccc(COc2ccc(F)cc2[N+](=O)[O-])cn1. The molecule has 2 aromatic rings. The Hall–Kier alpha value is -2.70. The first-order valence-electron chi connectivity index (χ1n) is 6.35. The number of nitrogens with one attached hydrogen (secondary N) is 1. The van der Waals surface area contributed by atoms with Gasteiger partial charge >= 0.3 is 5.69 Å². The maximum atomic E-state index is 13.0. The molecule has 0 aliphatic heterocycles. The van der Waals surface area contributed by atoms with Gasteiger partial charge in [-0.3, -0.25) is 10.1 Å². The Bertz CT molecular complexity index is 632. The number of rotatable bonds is 6. The predicted octanol–water partition coefficient (Wildman–Crippen LogP) is 3.14. The second-order valence-corrected chi connectivity index (χ2v) is 4.24. The largest absolute Gasteiger partial charge is 0.482 e. The third kappa shape index (κ3) is 3.88. The van der Waals surface area contributed by atoms with E-state index in [4.69, 9.17) is 4.74 Å². The number of benzene rings is 1. The Morgan fingerprint density at radius 3 is 2.81 bits per heavy atom. The molecule has 1 aromatic carbocycles. The number of hydrogen-bond acceptors (Lipinski definition) is 5. The minimum atomic E-state index is -0.676. The fourth-order valence-electron chi connectivity index (χ4n) is 1.71. The summed E-state index contributed by atoms with van der Waals surface area (Å²) < 4.78 is 18.4. The van der Waals surface area contributed by atoms with E-state index in [1.54, 1.807) is 18.3 Å². The maximum absolute atomic E-state index is 13.0. The molecule has 0 saturated carbocycles. The molecule has 21 heavy (non-hydrogen) atoms. The highest BCUT2D eigenvalue weighted by Crippen LogP contribution is 2.28. The summed E-state index contributed by atoms with van der Waals surface area (Å²) in [5.74, 6) is 0.0943. The quantitative estimate of drug-likeness (QED) is 0.653. The van der Waals surface area contributed by atoms with Crippen LogP contribution in [-0.2, 0) is 6.61 Å². The van der Waals surface area contributed by atoms with E-state index in [1.165, 1.54) is 6.07 Å². The average Bonchev–Trinajstić information content (AvgIpc) is 2.47. The molecule has 7 heteroatoms. The molecule has 0 spiro atoms. The maximum Gasteiger partial charge on any atom is 0.313 e. The van der Waals surface area contributed by atoms with Crippen LogP contribution in [0.3, 0.4) is 0 Å². The fraction of sp³-hybridized carbons (Fsp3) is 0.214. The number of ether oxygens (including phenoxy) is 1. The van der Waals surface area contributed by atoms with Crippen molar-refractivity contribution in [2.75, 3.05) is 11.9 Å². The van der Waals surface area contributed by atoms with E-state index in [2.05, 4.69) is 10.3 Å². The number of nitro benzene ring substituents is 1. The number of nitrogens with zero attached hydrogens (tertiary/aromatic N) is 2. The van der Waals surface area contributed by atoms with E-state index >= 15 is 0 Å². The van der Waals surface area contributed by atoms with Crippen molar-refractivity contribution in [2.45, 2.75) is 13.5 Å². The van der Waals surface area contributed by atoms with Crippen molar-refractivity contribution in [3.05, 3.63) is 58.0 Å². The highest BCUT2D eigenvalue weighted by atomic mass is 19.1. The summed E-state index contributed by atoms with van der Waals surface area (Å²) in [6.07, 6.45) is 1.62. The third-order valence-corrected chi connectivity index (χ3v) is 2.69. The van der Waals surface area contributed by atoms with Gasteiger partial charge in [-0.2, -0.15) is 0 Å². The Kier molecular flexibility index (Phi) is 4.65. The van der Waals surface area contributed by atoms with Gasteiger partial charge in [-0.15, -0.1) is 0 Å². The molecule has 0 fully saturated rings. The summed E-state index contributed by atoms with van der Waals surface area (Å²) in [6.45, 7) is 2.85. The molecule has 1 N–H and O–H groups in total. The van der Waals surface area contributed by atoms with E-state index in [9.17, 15) is 14.5 Å². The number of halogens is 1. The average molecular weight is 291 g/mol. The highest BCUT2D eigenvalue weighted by Gasteiger charge is 2.16. The van der Waals surface area contributed by atoms with E-state index < -0.39 is 16.4 Å². The molecule has 0 atom stereocenters. The lowest BCUT2D eigenvalue weighted by Gasteiger charge is -2.07. The van der Waals surface area contributed by atoms with E-state index in [-0.39, 0.29) is 12.4 Å². The second kappa shape index (κ2) is 6.65. The number of pyridine rings is 1. The lowest BCUT2D eigenvalue weighted by Crippen LogP contribution is -2.02. The summed E-state index contributed by atoms with van der Waals surface area (Å²) in [4.78, 5) is 14.3. The van der Waals surface area contributed by atoms with Gasteiger partial charge in [-0.05, 0) is 25.1 Å². The van der Waals surface area contributed by atoms with Gasteiger partial charge in [0.15, 0.2) is 5.75 Å². The van der Waals surface area contributed by atoms with Crippen LogP contribution >= 0.6 is 0 Å². The monoisotopic (exact) mass is 291 g/mol. The molecule has 0 unspecified atom stereocenters. The highest BCUT2D eigenvalue weighted by molar-refractivity contribution is 5.46. The molecular formula is C14H14FN3O3. The van der Waals surface area contributed by atoms with Crippen molar-refractivity contribution in [3.8, 4) is 5.75 Å². The number of hydrogen-bond donors (Lipinski definition) is 1. The summed E-state index contributed by atoms with van der Waals surface area (Å²) >= 11 is 0. The minimum Gasteiger partial charge on any atom is -0.482 e. The van der Waals surface area contributed by atoms with Crippen LogP contribution in [0.2, 0.25) is 0 Å². The van der Waals surface area contributed by atoms with Crippen LogP contribution in [-0.4, -0.2) is 16.5 Å². The number of nitro groups is 1. The molecule has 0 radical (unpaired) electrons. The van der Waals surface area contributed by atoms with Crippen LogP contribution < -0.4 is 10.1 Å². The van der Waals surface area contributed by atoms with Crippen molar-refractivity contribution in [1.82, 2.24) is 4.98 Å². The summed E-state index contributed by atoms with van der Waals surface area (Å²) in [5, 5.41) is 13.9. The smallest absolute Gasteiger partial charge is 0.313 e. The van der Waals surface area contributed by atoms with Gasteiger partial charge in [-0.25, -0.2) is 9.37 Å². The van der Waals surface area contributed by atoms with Gasteiger partial charge in [-0.1, -0.05) is 6.07 Å². The molecule has 0 aliphatic rings. The zero-order chi connectivity index (χ0) is 15.2. The van der Waals surface area contributed by atoms with Crippen LogP contribution in [0.25, 0.3) is 0 Å². The zero-order valence-corrected chi connectivity index (χ0v) is 11.4. The zero-order valence-electron chi connectivity index (χ0n) is 11.4. The van der Waals surface area contributed by atoms with Crippen LogP contribution in [0.4, 0.5) is 15.9 Å². The number of anilines is 1. The van der Waals surface area contributed by atoms with Crippen LogP contribution in [0.1, 0.15) is 12.5 Å². The molecule has 6 nitrogen and oxygen atoms in total. The molecule has 0 amide bonds. The molecule has 0 saturated heterocycles. The fourth-order valence-corrected chi connectivity index (χ4v) is 1.71. The first kappa shape index (κ1) is 14.7. The minimum absolute atomic E-state index is 0.0251. The van der Waals surface area contributed by atoms with Gasteiger partial charge in [0.05, 0.1) is 11.0 Å². The van der Waals surface area contributed by atoms with Gasteiger partial charge in [0.25, 0.3) is 0 Å². The van der Waals surface area contributed by atoms with E-state index in [1.807, 2.05) is 6.92 Å². The van der Waals surface area contributed by atoms with Crippen molar-refractivity contribution < 1.29 is 14.1 Å². The van der Waals surface area contributed by atoms with Crippen LogP contribution in [0.15, 0.2) is 36.5 Å². The Labute approximate surface area is 120 Å². The molecule has 0 bridgehead atoms. The normalized spacial score (nSPS) is 10.2. The third-order valence-electron chi connectivity index (χ3n) is 2.69. The lowest BCUT2D eigenvalue weighted by atomic mass is 10.2. The van der Waals surface area contributed by atoms with Crippen molar-refractivity contribution in [3.63, 3.8) is 0 Å². The Morgan fingerprint density at radius 1 is 1.38 bits per heavy atom. The predicted molar refractivity (Wildman–Crippen MR) is 75.8 cm³/mol. The van der Waals surface area contributed by atoms with Gasteiger partial charge < -0.3 is 10.1 Å². The first-order valence-corrected chi connectivity index (χ1v) is 6.35. The van der Waals surface area contributed by atoms with Crippen LogP contribution in [0.5, 0.6) is 5.75 Å². The summed E-state index contributed by atoms with van der Waals surface area (Å²) in [5.41, 5.74) is 0.363. The molecule has 1 aromatic heterocycles. The van der Waals surface area contributed by atoms with Gasteiger partial charge in [0.2, 0.25) is 0 Å². The van der Waals surface area contributed by atoms with Crippen molar-refractivity contribution in [1.29, 1.82) is 0 Å². The summed E-state index contributed by atoms with van der Waals surface area (Å²) in [7, 11) is 0. The van der Waals surface area contributed by atoms with Gasteiger partial charge in [0.1, 0.15) is 18.2 Å². The van der Waals surface area contributed by atoms with Crippen molar-refractivity contribution >= 4 is 11.5 Å². The van der Waals surface area contributed by atoms with Crippen molar-refractivity contribution in [2.24, 2.45) is 0 Å². The molecule has 110 valence electrons. The van der Waals surface area contributed by atoms with E-state index in [0.29, 0.717) is 0 Å². The summed E-state index contributed by atoms with van der Waals surface area (Å²) in [6, 6.07) is 6.80. The van der Waals surface area contributed by atoms with Gasteiger partial charge in [0, 0.05) is 18.3 Å². The molecule has 2 rings (SSSR count). The Balaban J connectivity index is 2.07. The standard InChI is InChI=1S/C14H14FN3O3/c1-2-16-14-6-3-10(8-17-14)9-21-13-5-4-11(15)7-12(13)18(19)20/h3-8H,2,9H2,1H3,(H,16,17). The first-order chi connectivity index (χ1) is 10.1. The number of aromatic nitrogens is 1. The Morgan fingerprint density at radius 2 is 2.19 bits per heavy atom. The van der Waals surface area contributed by atoms with Crippen LogP contribution in [0, 0.1) is 15.9 Å². The molecular weight excluding hydrogens is 277 g/mol. The molecule has 0 aliphatic carbocycles.